The summed E-state index contributed by atoms with van der Waals surface area (Å²) in [7, 11) is -1.04. The summed E-state index contributed by atoms with van der Waals surface area (Å²) in [4.78, 5) is 32.0. The van der Waals surface area contributed by atoms with Gasteiger partial charge in [0.1, 0.15) is 40.8 Å². The Bertz CT molecular complexity index is 2210. The van der Waals surface area contributed by atoms with E-state index >= 15 is 0 Å². The number of hydrogen-bond donors (Lipinski definition) is 6. The number of halogens is 5. The molecular formula is C49H59BBrCl4NaO13. The maximum atomic E-state index is 10.7. The normalized spacial score (nSPS) is 15.7. The van der Waals surface area contributed by atoms with Crippen molar-refractivity contribution in [3.05, 3.63) is 114 Å². The number of ether oxygens (including phenoxy) is 3. The Labute approximate surface area is 455 Å². The van der Waals surface area contributed by atoms with Crippen molar-refractivity contribution in [1.82, 2.24) is 0 Å². The van der Waals surface area contributed by atoms with Gasteiger partial charge in [0.25, 0.3) is 0 Å². The Kier molecular flexibility index (Phi) is 26.6. The van der Waals surface area contributed by atoms with Gasteiger partial charge in [0, 0.05) is 20.1 Å². The van der Waals surface area contributed by atoms with Crippen LogP contribution in [0.1, 0.15) is 127 Å². The molecule has 13 nitrogen and oxygen atoms in total. The van der Waals surface area contributed by atoms with Crippen molar-refractivity contribution in [2.75, 3.05) is 0 Å². The number of phenols is 2. The van der Waals surface area contributed by atoms with Crippen LogP contribution in [0.25, 0.3) is 0 Å². The van der Waals surface area contributed by atoms with Crippen molar-refractivity contribution in [2.45, 2.75) is 140 Å². The Morgan fingerprint density at radius 3 is 1.33 bits per heavy atom. The van der Waals surface area contributed by atoms with E-state index in [4.69, 9.17) is 86.0 Å². The zero-order chi connectivity index (χ0) is 51.0. The fourth-order valence-electron chi connectivity index (χ4n) is 5.67. The number of aliphatic hydroxyl groups excluding tert-OH is 1. The number of phenolic OH excluding ortho intramolecular Hbond substituents is 2. The van der Waals surface area contributed by atoms with Gasteiger partial charge in [0.15, 0.2) is 6.10 Å². The van der Waals surface area contributed by atoms with Gasteiger partial charge in [-0.2, -0.15) is 0 Å². The van der Waals surface area contributed by atoms with E-state index < -0.39 is 48.9 Å². The molecule has 3 atom stereocenters. The predicted octanol–water partition coefficient (Wildman–Crippen LogP) is 7.87. The number of benzene rings is 4. The molecule has 20 heteroatoms. The standard InChI is InChI=1S/2C12H13ClO3.C9H9ClO.C7H14O3.C6H4BrClO.C3H7BO2.Na/c2*1-7(12(14)15)16-11-5-4-9(13)6-10(11)8-2-3-8;10-7-3-4-9(11)8(5-7)6-1-2-6;1-5(8)6(9)10-7(2,3)4;7-5-3-4(8)1-2-6(5)9;5-4(6)3-1-2-3;/h2*4-8H,2-3H2,1H3,(H,14,15);3-6,11H,1-2H2;5,8H,1-4H3;1-3,9H;3,5-6H,1-2H2;/q;;;;;;+1/p-1/t2*7-;;5-;;;/m00.1.../s1. The first-order chi connectivity index (χ1) is 31.8. The van der Waals surface area contributed by atoms with Gasteiger partial charge in [0.05, 0.1) is 10.4 Å². The molecule has 0 radical (unpaired) electrons. The molecule has 69 heavy (non-hydrogen) atoms. The smallest absolute Gasteiger partial charge is 0.546 e. The van der Waals surface area contributed by atoms with Crippen molar-refractivity contribution in [3.8, 4) is 23.0 Å². The molecule has 4 aromatic carbocycles. The van der Waals surface area contributed by atoms with E-state index in [-0.39, 0.29) is 41.1 Å². The Hall–Kier alpha value is -2.93. The zero-order valence-corrected chi connectivity index (χ0v) is 46.2. The molecule has 0 heterocycles. The molecule has 372 valence electrons. The first-order valence-corrected chi connectivity index (χ1v) is 24.3. The number of esters is 1. The minimum atomic E-state index is -1.21. The number of aromatic hydroxyl groups is 2. The van der Waals surface area contributed by atoms with Gasteiger partial charge in [-0.3, -0.25) is 0 Å². The van der Waals surface area contributed by atoms with Gasteiger partial charge < -0.3 is 54.6 Å². The van der Waals surface area contributed by atoms with Crippen LogP contribution in [0.2, 0.25) is 25.9 Å². The molecular weight excluding hydrogens is 1050 g/mol. The van der Waals surface area contributed by atoms with Gasteiger partial charge in [-0.1, -0.05) is 59.2 Å². The van der Waals surface area contributed by atoms with Gasteiger partial charge in [-0.15, -0.1) is 0 Å². The first kappa shape index (κ1) is 62.2. The molecule has 6 N–H and O–H groups in total. The number of carboxylic acid groups (broad SMARTS) is 2. The topological polar surface area (TPSA) is 223 Å². The van der Waals surface area contributed by atoms with E-state index in [0.29, 0.717) is 59.6 Å². The number of rotatable bonds is 11. The van der Waals surface area contributed by atoms with Crippen LogP contribution in [0.15, 0.2) is 77.3 Å². The molecule has 0 unspecified atom stereocenters. The van der Waals surface area contributed by atoms with Crippen LogP contribution >= 0.6 is 62.3 Å². The molecule has 0 aromatic heterocycles. The third-order valence-electron chi connectivity index (χ3n) is 9.97. The molecule has 4 aliphatic rings. The second-order valence-electron chi connectivity index (χ2n) is 17.6. The number of carbonyl (C=O) groups excluding carboxylic acids is 2. The maximum Gasteiger partial charge on any atom is 1.00 e. The van der Waals surface area contributed by atoms with Crippen LogP contribution in [0.5, 0.6) is 23.0 Å². The fraction of sp³-hybridized carbons (Fsp3) is 0.449. The molecule has 0 spiro atoms. The Morgan fingerprint density at radius 1 is 0.652 bits per heavy atom. The molecule has 0 bridgehead atoms. The summed E-state index contributed by atoms with van der Waals surface area (Å²) in [5, 5.41) is 65.6. The van der Waals surface area contributed by atoms with E-state index in [1.54, 1.807) is 69.3 Å². The third kappa shape index (κ3) is 24.8. The largest absolute Gasteiger partial charge is 1.00 e. The second-order valence-corrected chi connectivity index (χ2v) is 20.2. The predicted molar refractivity (Wildman–Crippen MR) is 266 cm³/mol. The Morgan fingerprint density at radius 2 is 1.03 bits per heavy atom. The van der Waals surface area contributed by atoms with Crippen molar-refractivity contribution in [2.24, 2.45) is 0 Å². The van der Waals surface area contributed by atoms with Crippen LogP contribution in [0.3, 0.4) is 0 Å². The average molecular weight is 1110 g/mol. The van der Waals surface area contributed by atoms with Crippen LogP contribution in [-0.4, -0.2) is 79.4 Å². The average Bonchev–Trinajstić information content (AvgIpc) is 4.07. The molecule has 4 aliphatic carbocycles. The van der Waals surface area contributed by atoms with Crippen LogP contribution in [0.4, 0.5) is 0 Å². The Balaban J connectivity index is 0.000000291. The summed E-state index contributed by atoms with van der Waals surface area (Å²) >= 11 is 26.3. The van der Waals surface area contributed by atoms with E-state index in [1.165, 1.54) is 39.7 Å². The van der Waals surface area contributed by atoms with Gasteiger partial charge in [-0.25, -0.2) is 9.59 Å². The van der Waals surface area contributed by atoms with Gasteiger partial charge in [-0.05, 0) is 209 Å². The fourth-order valence-corrected chi connectivity index (χ4v) is 6.89. The van der Waals surface area contributed by atoms with Crippen molar-refractivity contribution in [1.29, 1.82) is 0 Å². The summed E-state index contributed by atoms with van der Waals surface area (Å²) in [6, 6.07) is 20.6. The zero-order valence-electron chi connectivity index (χ0n) is 39.6. The van der Waals surface area contributed by atoms with Gasteiger partial charge >= 0.3 is 48.6 Å². The number of carbonyl (C=O) groups is 3. The number of hydrogen-bond acceptors (Lipinski definition) is 12. The molecule has 0 saturated heterocycles. The van der Waals surface area contributed by atoms with E-state index in [9.17, 15) is 24.6 Å². The SMILES string of the molecule is C[C@@H](O)C(=O)OC(C)(C)C.C[C@H](Oc1ccc(Cl)cc1C1CC1)C(=O)O.C[C@H](Oc1ccc(Cl)cc1C1CC1)C(=O)[O-].OB(O)C1CC1.Oc1ccc(Cl)cc1Br.Oc1ccc(Cl)cc1C1CC1.[Na+]. The monoisotopic (exact) mass is 1110 g/mol. The molecule has 0 amide bonds. The van der Waals surface area contributed by atoms with Crippen LogP contribution in [0, 0.1) is 0 Å². The first-order valence-electron chi connectivity index (χ1n) is 22.0. The molecule has 8 rings (SSSR count). The molecule has 4 aromatic rings. The number of aliphatic carboxylic acids is 2. The van der Waals surface area contributed by atoms with E-state index in [1.807, 2.05) is 18.2 Å². The molecule has 0 aliphatic heterocycles. The second kappa shape index (κ2) is 29.6. The number of aliphatic hydroxyl groups is 1. The van der Waals surface area contributed by atoms with Crippen LogP contribution < -0.4 is 44.1 Å². The van der Waals surface area contributed by atoms with Crippen LogP contribution in [-0.2, 0) is 19.1 Å². The summed E-state index contributed by atoms with van der Waals surface area (Å²) < 4.78 is 16.2. The summed E-state index contributed by atoms with van der Waals surface area (Å²) in [6.45, 7) is 9.64. The third-order valence-corrected chi connectivity index (χ3v) is 11.5. The maximum absolute atomic E-state index is 10.7. The summed E-state index contributed by atoms with van der Waals surface area (Å²) in [6.07, 6.45) is 6.02. The minimum absolute atomic E-state index is 0. The van der Waals surface area contributed by atoms with E-state index in [0.717, 1.165) is 55.2 Å². The quantitative estimate of drug-likeness (QED) is 0.0622. The molecule has 4 saturated carbocycles. The minimum Gasteiger partial charge on any atom is -0.546 e. The summed E-state index contributed by atoms with van der Waals surface area (Å²) in [5.74, 6) is 0.804. The van der Waals surface area contributed by atoms with Gasteiger partial charge in [0.2, 0.25) is 0 Å². The van der Waals surface area contributed by atoms with Crippen molar-refractivity contribution >= 4 is 87.4 Å². The van der Waals surface area contributed by atoms with E-state index in [2.05, 4.69) is 15.9 Å². The molecule has 4 fully saturated rings. The van der Waals surface area contributed by atoms with Crippen molar-refractivity contribution < 1.29 is 93.7 Å². The van der Waals surface area contributed by atoms with Crippen molar-refractivity contribution in [3.63, 3.8) is 0 Å². The summed E-state index contributed by atoms with van der Waals surface area (Å²) in [5.41, 5.74) is 2.53. The number of carboxylic acids is 2.